The maximum absolute atomic E-state index is 11.0. The summed E-state index contributed by atoms with van der Waals surface area (Å²) in [5, 5.41) is 10.0. The molecule has 1 N–H and O–H groups in total. The normalized spacial score (nSPS) is 13.8. The second-order valence-corrected chi connectivity index (χ2v) is 4.28. The molecule has 0 saturated heterocycles. The highest BCUT2D eigenvalue weighted by Gasteiger charge is 2.16. The lowest BCUT2D eigenvalue weighted by Gasteiger charge is -2.17. The zero-order valence-corrected chi connectivity index (χ0v) is 12.1. The molecule has 0 radical (unpaired) electrons. The van der Waals surface area contributed by atoms with Crippen LogP contribution in [0.25, 0.3) is 0 Å². The van der Waals surface area contributed by atoms with Crippen molar-refractivity contribution in [2.45, 2.75) is 18.9 Å². The summed E-state index contributed by atoms with van der Waals surface area (Å²) in [4.78, 5) is 11.0. The molecule has 1 rings (SSSR count). The molecule has 1 aromatic rings. The molecule has 0 aliphatic carbocycles. The topological polar surface area (TPSA) is 65.0 Å². The first-order valence-corrected chi connectivity index (χ1v) is 6.19. The van der Waals surface area contributed by atoms with Crippen LogP contribution < -0.4 is 9.47 Å². The molecule has 5 heteroatoms. The number of carbonyl (C=O) groups excluding carboxylic acids is 1. The first-order valence-electron chi connectivity index (χ1n) is 6.19. The van der Waals surface area contributed by atoms with Gasteiger partial charge < -0.3 is 19.3 Å². The fourth-order valence-electron chi connectivity index (χ4n) is 1.75. The molecule has 0 heterocycles. The van der Waals surface area contributed by atoms with Crippen LogP contribution in [0.2, 0.25) is 0 Å². The van der Waals surface area contributed by atoms with Crippen LogP contribution in [-0.2, 0) is 9.53 Å². The van der Waals surface area contributed by atoms with E-state index in [-0.39, 0.29) is 5.92 Å². The van der Waals surface area contributed by atoms with Crippen molar-refractivity contribution in [3.05, 3.63) is 35.9 Å². The summed E-state index contributed by atoms with van der Waals surface area (Å²) in [6.45, 7) is 1.85. The number of carbonyl (C=O) groups is 1. The van der Waals surface area contributed by atoms with Gasteiger partial charge in [-0.3, -0.25) is 0 Å². The van der Waals surface area contributed by atoms with Gasteiger partial charge in [0.05, 0.1) is 27.4 Å². The highest BCUT2D eigenvalue weighted by atomic mass is 16.5. The number of hydrogen-bond donors (Lipinski definition) is 1. The zero-order valence-electron chi connectivity index (χ0n) is 12.1. The van der Waals surface area contributed by atoms with E-state index in [4.69, 9.17) is 9.47 Å². The van der Waals surface area contributed by atoms with Crippen LogP contribution in [0, 0.1) is 0 Å². The number of ether oxygens (including phenoxy) is 3. The largest absolute Gasteiger partial charge is 0.493 e. The summed E-state index contributed by atoms with van der Waals surface area (Å²) in [5.74, 6) is 0.531. The quantitative estimate of drug-likeness (QED) is 0.637. The number of rotatable bonds is 6. The molecular formula is C15H20O5. The second kappa shape index (κ2) is 7.55. The Morgan fingerprint density at radius 1 is 1.20 bits per heavy atom. The lowest BCUT2D eigenvalue weighted by Crippen LogP contribution is -2.13. The fourth-order valence-corrected chi connectivity index (χ4v) is 1.75. The number of esters is 1. The van der Waals surface area contributed by atoms with Gasteiger partial charge in [-0.1, -0.05) is 13.0 Å². The molecule has 0 spiro atoms. The number of aliphatic hydroxyl groups is 1. The number of benzene rings is 1. The summed E-state index contributed by atoms with van der Waals surface area (Å²) in [6.07, 6.45) is 1.82. The minimum absolute atomic E-state index is 0.198. The van der Waals surface area contributed by atoms with Crippen LogP contribution in [0.1, 0.15) is 18.4 Å². The molecule has 110 valence electrons. The van der Waals surface area contributed by atoms with E-state index in [9.17, 15) is 9.90 Å². The van der Waals surface area contributed by atoms with Crippen molar-refractivity contribution < 1.29 is 24.1 Å². The van der Waals surface area contributed by atoms with E-state index in [1.165, 1.54) is 19.3 Å². The number of hydrogen-bond acceptors (Lipinski definition) is 5. The standard InChI is InChI=1S/C15H20O5/c1-10(12(16)6-8-15(17)20-4)11-5-7-13(18-2)14(9-11)19-3/h5-10,12,16H,1-4H3/b8-6+/t10-,12-/m0/s1. The Labute approximate surface area is 118 Å². The Balaban J connectivity index is 2.88. The molecule has 1 aromatic carbocycles. The first-order chi connectivity index (χ1) is 9.53. The Bertz CT molecular complexity index is 481. The Morgan fingerprint density at radius 3 is 2.40 bits per heavy atom. The molecule has 0 aromatic heterocycles. The molecule has 0 saturated carbocycles. The van der Waals surface area contributed by atoms with Crippen LogP contribution in [0.3, 0.4) is 0 Å². The van der Waals surface area contributed by atoms with Crippen LogP contribution >= 0.6 is 0 Å². The highest BCUT2D eigenvalue weighted by Crippen LogP contribution is 2.31. The van der Waals surface area contributed by atoms with Crippen molar-refractivity contribution in [3.63, 3.8) is 0 Å². The van der Waals surface area contributed by atoms with E-state index in [0.717, 1.165) is 5.56 Å². The van der Waals surface area contributed by atoms with Crippen molar-refractivity contribution in [1.29, 1.82) is 0 Å². The Hall–Kier alpha value is -2.01. The van der Waals surface area contributed by atoms with E-state index in [1.54, 1.807) is 26.4 Å². The van der Waals surface area contributed by atoms with Gasteiger partial charge in [-0.05, 0) is 23.8 Å². The van der Waals surface area contributed by atoms with E-state index >= 15 is 0 Å². The molecule has 0 aliphatic rings. The van der Waals surface area contributed by atoms with Crippen molar-refractivity contribution in [2.24, 2.45) is 0 Å². The predicted molar refractivity (Wildman–Crippen MR) is 75.1 cm³/mol. The maximum atomic E-state index is 11.0. The van der Waals surface area contributed by atoms with Gasteiger partial charge in [0.2, 0.25) is 0 Å². The minimum atomic E-state index is -0.799. The van der Waals surface area contributed by atoms with Gasteiger partial charge in [0.1, 0.15) is 0 Å². The van der Waals surface area contributed by atoms with Crippen LogP contribution in [0.5, 0.6) is 11.5 Å². The molecule has 0 aliphatic heterocycles. The van der Waals surface area contributed by atoms with Gasteiger partial charge in [-0.25, -0.2) is 4.79 Å². The Kier molecular flexibility index (Phi) is 6.06. The first kappa shape index (κ1) is 16.0. The molecule has 0 bridgehead atoms. The van der Waals surface area contributed by atoms with Crippen LogP contribution in [0.15, 0.2) is 30.4 Å². The average Bonchev–Trinajstić information content (AvgIpc) is 2.50. The molecule has 0 amide bonds. The van der Waals surface area contributed by atoms with Gasteiger partial charge in [0.15, 0.2) is 11.5 Å². The van der Waals surface area contributed by atoms with Gasteiger partial charge in [-0.2, -0.15) is 0 Å². The smallest absolute Gasteiger partial charge is 0.330 e. The average molecular weight is 280 g/mol. The number of aliphatic hydroxyl groups excluding tert-OH is 1. The summed E-state index contributed by atoms with van der Waals surface area (Å²) in [7, 11) is 4.41. The predicted octanol–water partition coefficient (Wildman–Crippen LogP) is 1.90. The highest BCUT2D eigenvalue weighted by molar-refractivity contribution is 5.81. The van der Waals surface area contributed by atoms with Crippen LogP contribution in [-0.4, -0.2) is 38.5 Å². The summed E-state index contributed by atoms with van der Waals surface area (Å²) >= 11 is 0. The fraction of sp³-hybridized carbons (Fsp3) is 0.400. The van der Waals surface area contributed by atoms with Gasteiger partial charge in [0.25, 0.3) is 0 Å². The van der Waals surface area contributed by atoms with Crippen molar-refractivity contribution in [1.82, 2.24) is 0 Å². The summed E-state index contributed by atoms with van der Waals surface area (Å²) in [6, 6.07) is 5.43. The van der Waals surface area contributed by atoms with Gasteiger partial charge >= 0.3 is 5.97 Å². The van der Waals surface area contributed by atoms with Crippen molar-refractivity contribution >= 4 is 5.97 Å². The zero-order chi connectivity index (χ0) is 15.1. The molecular weight excluding hydrogens is 260 g/mol. The number of methoxy groups -OCH3 is 3. The third-order valence-electron chi connectivity index (χ3n) is 3.08. The van der Waals surface area contributed by atoms with E-state index in [2.05, 4.69) is 4.74 Å². The molecule has 0 unspecified atom stereocenters. The summed E-state index contributed by atoms with van der Waals surface area (Å²) in [5.41, 5.74) is 0.879. The van der Waals surface area contributed by atoms with E-state index in [1.807, 2.05) is 13.0 Å². The SMILES string of the molecule is COC(=O)/C=C/[C@H](O)[C@@H](C)c1ccc(OC)c(OC)c1. The lowest BCUT2D eigenvalue weighted by atomic mass is 9.94. The summed E-state index contributed by atoms with van der Waals surface area (Å²) < 4.78 is 14.9. The third-order valence-corrected chi connectivity index (χ3v) is 3.08. The maximum Gasteiger partial charge on any atom is 0.330 e. The second-order valence-electron chi connectivity index (χ2n) is 4.28. The molecule has 20 heavy (non-hydrogen) atoms. The minimum Gasteiger partial charge on any atom is -0.493 e. The molecule has 5 nitrogen and oxygen atoms in total. The third kappa shape index (κ3) is 3.99. The van der Waals surface area contributed by atoms with Gasteiger partial charge in [0, 0.05) is 12.0 Å². The van der Waals surface area contributed by atoms with Crippen LogP contribution in [0.4, 0.5) is 0 Å². The van der Waals surface area contributed by atoms with E-state index < -0.39 is 12.1 Å². The lowest BCUT2D eigenvalue weighted by molar-refractivity contribution is -0.134. The van der Waals surface area contributed by atoms with E-state index in [0.29, 0.717) is 11.5 Å². The molecule has 0 fully saturated rings. The monoisotopic (exact) mass is 280 g/mol. The van der Waals surface area contributed by atoms with Crippen molar-refractivity contribution in [2.75, 3.05) is 21.3 Å². The van der Waals surface area contributed by atoms with Crippen molar-refractivity contribution in [3.8, 4) is 11.5 Å². The Morgan fingerprint density at radius 2 is 1.85 bits per heavy atom. The molecule has 2 atom stereocenters. The van der Waals surface area contributed by atoms with Gasteiger partial charge in [-0.15, -0.1) is 0 Å².